The molecule has 1 atom stereocenters. The van der Waals surface area contributed by atoms with Crippen molar-refractivity contribution < 1.29 is 14.8 Å². The molecule has 2 rings (SSSR count). The van der Waals surface area contributed by atoms with E-state index >= 15 is 0 Å². The second-order valence-corrected chi connectivity index (χ2v) is 4.87. The third-order valence-electron chi connectivity index (χ3n) is 3.41. The first-order valence-electron chi connectivity index (χ1n) is 6.18. The Balaban J connectivity index is 2.28. The van der Waals surface area contributed by atoms with Gasteiger partial charge in [-0.3, -0.25) is 14.9 Å². The zero-order chi connectivity index (χ0) is 14.0. The summed E-state index contributed by atoms with van der Waals surface area (Å²) >= 11 is 0. The fourth-order valence-corrected chi connectivity index (χ4v) is 2.32. The Morgan fingerprint density at radius 1 is 1.58 bits per heavy atom. The smallest absolute Gasteiger partial charge is 0.282 e. The van der Waals surface area contributed by atoms with Gasteiger partial charge in [0.2, 0.25) is 0 Å². The monoisotopic (exact) mass is 264 g/mol. The second kappa shape index (κ2) is 5.36. The minimum atomic E-state index is -0.535. The highest BCUT2D eigenvalue weighted by atomic mass is 16.6. The Kier molecular flexibility index (Phi) is 3.80. The van der Waals surface area contributed by atoms with Crippen LogP contribution in [0.5, 0.6) is 0 Å². The Labute approximate surface area is 110 Å². The van der Waals surface area contributed by atoms with E-state index in [1.807, 2.05) is 0 Å². The summed E-state index contributed by atoms with van der Waals surface area (Å²) in [6.07, 6.45) is 0.738. The van der Waals surface area contributed by atoms with E-state index in [1.54, 1.807) is 24.0 Å². The van der Waals surface area contributed by atoms with Crippen molar-refractivity contribution in [2.75, 3.05) is 19.7 Å². The summed E-state index contributed by atoms with van der Waals surface area (Å²) in [6.45, 7) is 2.83. The normalized spacial score (nSPS) is 18.6. The summed E-state index contributed by atoms with van der Waals surface area (Å²) in [5, 5.41) is 20.0. The standard InChI is InChI=1S/C13H16N2O4/c1-9-2-3-12(15(18)19)11(6-9)13(17)14-5-4-10(7-14)8-16/h2-3,6,10,16H,4-5,7-8H2,1H3. The molecule has 6 heteroatoms. The van der Waals surface area contributed by atoms with E-state index in [1.165, 1.54) is 6.07 Å². The fraction of sp³-hybridized carbons (Fsp3) is 0.462. The number of aliphatic hydroxyl groups excluding tert-OH is 1. The maximum atomic E-state index is 12.3. The number of aryl methyl sites for hydroxylation is 1. The number of benzene rings is 1. The van der Waals surface area contributed by atoms with Crippen molar-refractivity contribution in [3.05, 3.63) is 39.4 Å². The molecular weight excluding hydrogens is 248 g/mol. The number of carbonyl (C=O) groups is 1. The van der Waals surface area contributed by atoms with E-state index in [4.69, 9.17) is 5.11 Å². The molecule has 0 bridgehead atoms. The van der Waals surface area contributed by atoms with Crippen LogP contribution in [0.3, 0.4) is 0 Å². The minimum Gasteiger partial charge on any atom is -0.396 e. The van der Waals surface area contributed by atoms with E-state index in [2.05, 4.69) is 0 Å². The Morgan fingerprint density at radius 2 is 2.32 bits per heavy atom. The van der Waals surface area contributed by atoms with Gasteiger partial charge in [0.1, 0.15) is 5.56 Å². The number of likely N-dealkylation sites (tertiary alicyclic amines) is 1. The average Bonchev–Trinajstić information content (AvgIpc) is 2.86. The van der Waals surface area contributed by atoms with Gasteiger partial charge in [-0.15, -0.1) is 0 Å². The highest BCUT2D eigenvalue weighted by Gasteiger charge is 2.30. The quantitative estimate of drug-likeness (QED) is 0.660. The molecule has 0 radical (unpaired) electrons. The lowest BCUT2D eigenvalue weighted by Gasteiger charge is -2.16. The molecule has 1 saturated heterocycles. The summed E-state index contributed by atoms with van der Waals surface area (Å²) in [5.41, 5.74) is 0.776. The number of nitrogens with zero attached hydrogens (tertiary/aromatic N) is 2. The van der Waals surface area contributed by atoms with Crippen LogP contribution >= 0.6 is 0 Å². The van der Waals surface area contributed by atoms with Crippen molar-refractivity contribution >= 4 is 11.6 Å². The van der Waals surface area contributed by atoms with E-state index < -0.39 is 4.92 Å². The lowest BCUT2D eigenvalue weighted by Crippen LogP contribution is -2.29. The number of nitro groups is 1. The van der Waals surface area contributed by atoms with E-state index in [-0.39, 0.29) is 29.7 Å². The summed E-state index contributed by atoms with van der Waals surface area (Å²) in [7, 11) is 0. The predicted octanol–water partition coefficient (Wildman–Crippen LogP) is 1.36. The average molecular weight is 264 g/mol. The Bertz CT molecular complexity index is 515. The zero-order valence-corrected chi connectivity index (χ0v) is 10.7. The highest BCUT2D eigenvalue weighted by Crippen LogP contribution is 2.24. The van der Waals surface area contributed by atoms with E-state index in [0.29, 0.717) is 13.1 Å². The molecule has 0 aliphatic carbocycles. The lowest BCUT2D eigenvalue weighted by atomic mass is 10.1. The first kappa shape index (κ1) is 13.5. The molecule has 1 N–H and O–H groups in total. The van der Waals surface area contributed by atoms with Crippen LogP contribution in [-0.2, 0) is 0 Å². The molecule has 1 aromatic carbocycles. The van der Waals surface area contributed by atoms with Crippen LogP contribution in [0.25, 0.3) is 0 Å². The number of hydrogen-bond acceptors (Lipinski definition) is 4. The van der Waals surface area contributed by atoms with Gasteiger partial charge in [0, 0.05) is 31.7 Å². The van der Waals surface area contributed by atoms with Gasteiger partial charge in [0.05, 0.1) is 4.92 Å². The van der Waals surface area contributed by atoms with Gasteiger partial charge in [0.15, 0.2) is 0 Å². The van der Waals surface area contributed by atoms with Crippen molar-refractivity contribution in [2.24, 2.45) is 5.92 Å². The largest absolute Gasteiger partial charge is 0.396 e. The van der Waals surface area contributed by atoms with Crippen molar-refractivity contribution in [1.29, 1.82) is 0 Å². The van der Waals surface area contributed by atoms with Gasteiger partial charge in [0.25, 0.3) is 11.6 Å². The molecule has 0 aromatic heterocycles. The van der Waals surface area contributed by atoms with Crippen LogP contribution in [0.1, 0.15) is 22.3 Å². The van der Waals surface area contributed by atoms with E-state index in [9.17, 15) is 14.9 Å². The van der Waals surface area contributed by atoms with Crippen molar-refractivity contribution in [2.45, 2.75) is 13.3 Å². The molecule has 1 aliphatic rings. The molecule has 1 amide bonds. The summed E-state index contributed by atoms with van der Waals surface area (Å²) in [4.78, 5) is 24.3. The molecule has 6 nitrogen and oxygen atoms in total. The number of rotatable bonds is 3. The summed E-state index contributed by atoms with van der Waals surface area (Å²) < 4.78 is 0. The van der Waals surface area contributed by atoms with Crippen LogP contribution in [0.4, 0.5) is 5.69 Å². The molecule has 1 unspecified atom stereocenters. The Morgan fingerprint density at radius 3 is 2.89 bits per heavy atom. The topological polar surface area (TPSA) is 83.7 Å². The molecule has 1 fully saturated rings. The lowest BCUT2D eigenvalue weighted by molar-refractivity contribution is -0.385. The maximum Gasteiger partial charge on any atom is 0.282 e. The third kappa shape index (κ3) is 2.73. The van der Waals surface area contributed by atoms with Crippen LogP contribution in [0, 0.1) is 23.0 Å². The van der Waals surface area contributed by atoms with Crippen LogP contribution in [0.15, 0.2) is 18.2 Å². The first-order valence-corrected chi connectivity index (χ1v) is 6.18. The minimum absolute atomic E-state index is 0.0414. The molecule has 1 aromatic rings. The van der Waals surface area contributed by atoms with Gasteiger partial charge in [-0.25, -0.2) is 0 Å². The molecule has 1 aliphatic heterocycles. The van der Waals surface area contributed by atoms with E-state index in [0.717, 1.165) is 12.0 Å². The maximum absolute atomic E-state index is 12.3. The highest BCUT2D eigenvalue weighted by molar-refractivity contribution is 5.98. The van der Waals surface area contributed by atoms with Crippen molar-refractivity contribution in [3.8, 4) is 0 Å². The molecular formula is C13H16N2O4. The van der Waals surface area contributed by atoms with Gasteiger partial charge in [-0.05, 0) is 25.0 Å². The summed E-state index contributed by atoms with van der Waals surface area (Å²) in [5.74, 6) is -0.251. The SMILES string of the molecule is Cc1ccc([N+](=O)[O-])c(C(=O)N2CCC(CO)C2)c1. The van der Waals surface area contributed by atoms with Crippen molar-refractivity contribution in [1.82, 2.24) is 4.90 Å². The molecule has 102 valence electrons. The molecule has 19 heavy (non-hydrogen) atoms. The predicted molar refractivity (Wildman–Crippen MR) is 68.9 cm³/mol. The second-order valence-electron chi connectivity index (χ2n) is 4.87. The van der Waals surface area contributed by atoms with Gasteiger partial charge < -0.3 is 10.0 Å². The Hall–Kier alpha value is -1.95. The molecule has 0 saturated carbocycles. The van der Waals surface area contributed by atoms with Crippen LogP contribution < -0.4 is 0 Å². The third-order valence-corrected chi connectivity index (χ3v) is 3.41. The number of amides is 1. The molecule has 0 spiro atoms. The van der Waals surface area contributed by atoms with Gasteiger partial charge in [-0.2, -0.15) is 0 Å². The van der Waals surface area contributed by atoms with Gasteiger partial charge >= 0.3 is 0 Å². The molecule has 1 heterocycles. The zero-order valence-electron chi connectivity index (χ0n) is 10.7. The number of carbonyl (C=O) groups excluding carboxylic acids is 1. The van der Waals surface area contributed by atoms with Crippen LogP contribution in [0.2, 0.25) is 0 Å². The van der Waals surface area contributed by atoms with Crippen LogP contribution in [-0.4, -0.2) is 40.5 Å². The van der Waals surface area contributed by atoms with Crippen molar-refractivity contribution in [3.63, 3.8) is 0 Å². The first-order chi connectivity index (χ1) is 9.02. The number of nitro benzene ring substituents is 1. The fourth-order valence-electron chi connectivity index (χ4n) is 2.32. The van der Waals surface area contributed by atoms with Gasteiger partial charge in [-0.1, -0.05) is 6.07 Å². The number of hydrogen-bond donors (Lipinski definition) is 1. The summed E-state index contributed by atoms with van der Waals surface area (Å²) in [6, 6.07) is 4.53. The number of aliphatic hydroxyl groups is 1.